The van der Waals surface area contributed by atoms with E-state index in [1.807, 2.05) is 65.4 Å². The summed E-state index contributed by atoms with van der Waals surface area (Å²) in [6.45, 7) is 0.294. The maximum absolute atomic E-state index is 12.4. The second-order valence-corrected chi connectivity index (χ2v) is 5.73. The lowest BCUT2D eigenvalue weighted by Crippen LogP contribution is -2.42. The number of Topliss-reactive ketones (excluding diaryl/α,β-unsaturated/α-hetero) is 1. The molecule has 0 spiro atoms. The lowest BCUT2D eigenvalue weighted by atomic mass is 10.1. The van der Waals surface area contributed by atoms with Gasteiger partial charge in [0, 0.05) is 10.6 Å². The number of aromatic nitrogens is 2. The van der Waals surface area contributed by atoms with E-state index >= 15 is 0 Å². The van der Waals surface area contributed by atoms with Gasteiger partial charge in [-0.15, -0.1) is 0 Å². The normalized spacial score (nSPS) is 10.5. The molecule has 0 saturated heterocycles. The number of rotatable bonds is 5. The molecule has 0 fully saturated rings. The van der Waals surface area contributed by atoms with E-state index in [1.165, 1.54) is 0 Å². The molecule has 0 aliphatic rings. The zero-order chi connectivity index (χ0) is 16.1. The van der Waals surface area contributed by atoms with Crippen molar-refractivity contribution >= 4 is 17.4 Å². The maximum atomic E-state index is 12.4. The third kappa shape index (κ3) is 4.02. The Hall–Kier alpha value is -2.52. The van der Waals surface area contributed by atoms with Gasteiger partial charge in [0.25, 0.3) is 0 Å². The molecule has 1 heterocycles. The monoisotopic (exact) mass is 323 g/mol. The topological polar surface area (TPSA) is 33.8 Å². The summed E-state index contributed by atoms with van der Waals surface area (Å²) in [5.74, 6) is 0.0779. The zero-order valence-electron chi connectivity index (χ0n) is 12.5. The molecule has 0 bridgehead atoms. The van der Waals surface area contributed by atoms with Gasteiger partial charge >= 0.3 is 0 Å². The molecule has 4 heteroatoms. The average molecular weight is 324 g/mol. The number of hydrogen-bond donors (Lipinski definition) is 0. The molecule has 0 saturated carbocycles. The van der Waals surface area contributed by atoms with Gasteiger partial charge in [-0.05, 0) is 17.7 Å². The standard InChI is InChI=1S/C19H16ClN2O/c20-17-8-4-5-15(11-17)12-18-13-21-9-10-22(18)14-19(23)16-6-2-1-3-7-16/h1-11,13H,12,14H2/q+1. The number of ketones is 1. The minimum atomic E-state index is 0.0779. The summed E-state index contributed by atoms with van der Waals surface area (Å²) in [5, 5.41) is 0.707. The van der Waals surface area contributed by atoms with Crippen LogP contribution in [0.1, 0.15) is 21.6 Å². The van der Waals surface area contributed by atoms with Crippen molar-refractivity contribution in [2.24, 2.45) is 0 Å². The molecule has 3 nitrogen and oxygen atoms in total. The van der Waals surface area contributed by atoms with Crippen LogP contribution in [-0.4, -0.2) is 10.8 Å². The molecular weight excluding hydrogens is 308 g/mol. The van der Waals surface area contributed by atoms with Crippen LogP contribution in [0.5, 0.6) is 0 Å². The Balaban J connectivity index is 1.82. The number of carbonyl (C=O) groups is 1. The number of carbonyl (C=O) groups excluding carboxylic acids is 1. The van der Waals surface area contributed by atoms with Crippen molar-refractivity contribution in [1.82, 2.24) is 4.98 Å². The summed E-state index contributed by atoms with van der Waals surface area (Å²) >= 11 is 6.04. The molecular formula is C19H16ClN2O+. The lowest BCUT2D eigenvalue weighted by molar-refractivity contribution is -0.690. The largest absolute Gasteiger partial charge is 0.287 e. The second-order valence-electron chi connectivity index (χ2n) is 5.29. The van der Waals surface area contributed by atoms with Crippen molar-refractivity contribution in [2.75, 3.05) is 0 Å². The number of hydrogen-bond acceptors (Lipinski definition) is 2. The fourth-order valence-corrected chi connectivity index (χ4v) is 2.66. The van der Waals surface area contributed by atoms with E-state index in [4.69, 9.17) is 11.6 Å². The van der Waals surface area contributed by atoms with Crippen LogP contribution in [0.2, 0.25) is 5.02 Å². The van der Waals surface area contributed by atoms with Crippen molar-refractivity contribution < 1.29 is 9.36 Å². The van der Waals surface area contributed by atoms with Gasteiger partial charge in [0.1, 0.15) is 0 Å². The molecule has 0 N–H and O–H groups in total. The van der Waals surface area contributed by atoms with Crippen LogP contribution in [0, 0.1) is 0 Å². The van der Waals surface area contributed by atoms with Crippen LogP contribution < -0.4 is 4.57 Å². The quantitative estimate of drug-likeness (QED) is 0.532. The van der Waals surface area contributed by atoms with E-state index in [1.54, 1.807) is 12.4 Å². The van der Waals surface area contributed by atoms with Gasteiger partial charge in [0.05, 0.1) is 18.8 Å². The van der Waals surface area contributed by atoms with E-state index < -0.39 is 0 Å². The van der Waals surface area contributed by atoms with Crippen molar-refractivity contribution in [1.29, 1.82) is 0 Å². The minimum absolute atomic E-state index is 0.0779. The van der Waals surface area contributed by atoms with Crippen molar-refractivity contribution in [2.45, 2.75) is 13.0 Å². The van der Waals surface area contributed by atoms with Crippen LogP contribution in [-0.2, 0) is 13.0 Å². The van der Waals surface area contributed by atoms with Crippen LogP contribution in [0.15, 0.2) is 73.2 Å². The van der Waals surface area contributed by atoms with E-state index in [0.717, 1.165) is 11.3 Å². The highest BCUT2D eigenvalue weighted by Crippen LogP contribution is 2.13. The molecule has 23 heavy (non-hydrogen) atoms. The van der Waals surface area contributed by atoms with Crippen molar-refractivity contribution in [3.05, 3.63) is 95.0 Å². The van der Waals surface area contributed by atoms with Crippen LogP contribution in [0.3, 0.4) is 0 Å². The Morgan fingerprint density at radius 2 is 1.91 bits per heavy atom. The molecule has 3 rings (SSSR count). The molecule has 0 atom stereocenters. The average Bonchev–Trinajstić information content (AvgIpc) is 2.57. The Labute approximate surface area is 140 Å². The Bertz CT molecular complexity index is 818. The predicted octanol–water partition coefficient (Wildman–Crippen LogP) is 3.50. The van der Waals surface area contributed by atoms with Crippen LogP contribution >= 0.6 is 11.6 Å². The molecule has 0 radical (unpaired) electrons. The first-order chi connectivity index (χ1) is 11.2. The van der Waals surface area contributed by atoms with E-state index in [2.05, 4.69) is 4.98 Å². The fourth-order valence-electron chi connectivity index (χ4n) is 2.45. The highest BCUT2D eigenvalue weighted by molar-refractivity contribution is 6.30. The van der Waals surface area contributed by atoms with E-state index in [9.17, 15) is 4.79 Å². The van der Waals surface area contributed by atoms with Gasteiger partial charge in [-0.2, -0.15) is 4.57 Å². The summed E-state index contributed by atoms with van der Waals surface area (Å²) in [6.07, 6.45) is 6.00. The first kappa shape index (κ1) is 15.4. The molecule has 0 aliphatic carbocycles. The highest BCUT2D eigenvalue weighted by Gasteiger charge is 2.16. The molecule has 3 aromatic rings. The summed E-state index contributed by atoms with van der Waals surface area (Å²) in [7, 11) is 0. The number of benzene rings is 2. The molecule has 1 aromatic heterocycles. The Morgan fingerprint density at radius 3 is 2.70 bits per heavy atom. The van der Waals surface area contributed by atoms with Crippen LogP contribution in [0.25, 0.3) is 0 Å². The smallest absolute Gasteiger partial charge is 0.227 e. The van der Waals surface area contributed by atoms with Crippen molar-refractivity contribution in [3.8, 4) is 0 Å². The number of halogens is 1. The summed E-state index contributed by atoms with van der Waals surface area (Å²) < 4.78 is 1.93. The highest BCUT2D eigenvalue weighted by atomic mass is 35.5. The van der Waals surface area contributed by atoms with Gasteiger partial charge in [-0.25, -0.2) is 0 Å². The third-order valence-electron chi connectivity index (χ3n) is 3.61. The third-order valence-corrected chi connectivity index (χ3v) is 3.84. The molecule has 0 aliphatic heterocycles. The minimum Gasteiger partial charge on any atom is -0.287 e. The van der Waals surface area contributed by atoms with Gasteiger partial charge in [0.2, 0.25) is 18.0 Å². The summed E-state index contributed by atoms with van der Waals surface area (Å²) in [6, 6.07) is 17.0. The predicted molar refractivity (Wildman–Crippen MR) is 89.5 cm³/mol. The fraction of sp³-hybridized carbons (Fsp3) is 0.105. The molecule has 2 aromatic carbocycles. The Morgan fingerprint density at radius 1 is 1.09 bits per heavy atom. The number of nitrogens with zero attached hydrogens (tertiary/aromatic N) is 2. The van der Waals surface area contributed by atoms with Gasteiger partial charge in [0.15, 0.2) is 6.20 Å². The van der Waals surface area contributed by atoms with Gasteiger partial charge in [-0.3, -0.25) is 9.78 Å². The Kier molecular flexibility index (Phi) is 4.79. The maximum Gasteiger partial charge on any atom is 0.227 e. The molecule has 0 unspecified atom stereocenters. The van der Waals surface area contributed by atoms with E-state index in [-0.39, 0.29) is 5.78 Å². The first-order valence-electron chi connectivity index (χ1n) is 7.37. The van der Waals surface area contributed by atoms with Crippen molar-refractivity contribution in [3.63, 3.8) is 0 Å². The van der Waals surface area contributed by atoms with Gasteiger partial charge < -0.3 is 0 Å². The molecule has 0 amide bonds. The summed E-state index contributed by atoms with van der Waals surface area (Å²) in [4.78, 5) is 16.6. The van der Waals surface area contributed by atoms with Crippen LogP contribution in [0.4, 0.5) is 0 Å². The van der Waals surface area contributed by atoms with E-state index in [0.29, 0.717) is 23.6 Å². The lowest BCUT2D eigenvalue weighted by Gasteiger charge is -2.04. The first-order valence-corrected chi connectivity index (χ1v) is 7.75. The van der Waals surface area contributed by atoms with Gasteiger partial charge in [-0.1, -0.05) is 54.1 Å². The second kappa shape index (κ2) is 7.16. The SMILES string of the molecule is O=C(C[n+]1ccncc1Cc1cccc(Cl)c1)c1ccccc1. The zero-order valence-corrected chi connectivity index (χ0v) is 13.3. The summed E-state index contributed by atoms with van der Waals surface area (Å²) in [5.41, 5.74) is 2.77. The molecule has 114 valence electrons.